The van der Waals surface area contributed by atoms with E-state index >= 15 is 0 Å². The van der Waals surface area contributed by atoms with Crippen LogP contribution in [-0.4, -0.2) is 36.8 Å². The van der Waals surface area contributed by atoms with Crippen LogP contribution in [0.15, 0.2) is 54.6 Å². The number of methoxy groups -OCH3 is 1. The molecule has 26 heavy (non-hydrogen) atoms. The molecule has 0 aliphatic carbocycles. The third-order valence-electron chi connectivity index (χ3n) is 5.83. The van der Waals surface area contributed by atoms with Crippen molar-refractivity contribution in [3.63, 3.8) is 0 Å². The molecule has 0 aromatic heterocycles. The molecule has 0 saturated carbocycles. The number of hydrogen-bond donors (Lipinski definition) is 1. The van der Waals surface area contributed by atoms with Gasteiger partial charge in [-0.2, -0.15) is 0 Å². The summed E-state index contributed by atoms with van der Waals surface area (Å²) in [4.78, 5) is 2.51. The van der Waals surface area contributed by atoms with E-state index in [0.717, 1.165) is 57.5 Å². The van der Waals surface area contributed by atoms with Crippen LogP contribution in [0.25, 0.3) is 0 Å². The molecule has 0 radical (unpaired) electrons. The minimum absolute atomic E-state index is 0.116. The Balaban J connectivity index is 1.46. The van der Waals surface area contributed by atoms with Gasteiger partial charge in [-0.15, -0.1) is 0 Å². The number of benzene rings is 2. The molecule has 1 N–H and O–H groups in total. The molecule has 3 nitrogen and oxygen atoms in total. The summed E-state index contributed by atoms with van der Waals surface area (Å²) in [6.07, 6.45) is 5.57. The van der Waals surface area contributed by atoms with Crippen molar-refractivity contribution in [2.45, 2.75) is 38.6 Å². The minimum atomic E-state index is 0.116. The highest BCUT2D eigenvalue weighted by Crippen LogP contribution is 2.36. The maximum atomic E-state index is 10.0. The number of likely N-dealkylation sites (tertiary alicyclic amines) is 1. The summed E-state index contributed by atoms with van der Waals surface area (Å²) in [6.45, 7) is 3.43. The van der Waals surface area contributed by atoms with E-state index in [-0.39, 0.29) is 5.41 Å². The van der Waals surface area contributed by atoms with Crippen molar-refractivity contribution in [1.82, 2.24) is 4.90 Å². The summed E-state index contributed by atoms with van der Waals surface area (Å²) in [5.41, 5.74) is 2.84. The summed E-state index contributed by atoms with van der Waals surface area (Å²) in [6, 6.07) is 19.0. The topological polar surface area (TPSA) is 32.7 Å². The van der Waals surface area contributed by atoms with E-state index in [1.165, 1.54) is 11.1 Å². The van der Waals surface area contributed by atoms with Gasteiger partial charge < -0.3 is 9.84 Å². The molecular weight excluding hydrogens is 322 g/mol. The van der Waals surface area contributed by atoms with Gasteiger partial charge in [-0.1, -0.05) is 42.5 Å². The Morgan fingerprint density at radius 3 is 2.27 bits per heavy atom. The lowest BCUT2D eigenvalue weighted by Gasteiger charge is -2.41. The van der Waals surface area contributed by atoms with Crippen LogP contribution < -0.4 is 4.74 Å². The lowest BCUT2D eigenvalue weighted by molar-refractivity contribution is 0.0330. The molecule has 3 heteroatoms. The average Bonchev–Trinajstić information content (AvgIpc) is 2.71. The molecule has 1 fully saturated rings. The molecule has 2 aromatic rings. The maximum absolute atomic E-state index is 10.0. The molecular formula is C23H31NO2. The first-order valence-corrected chi connectivity index (χ1v) is 9.73. The molecule has 0 atom stereocenters. The number of piperidine rings is 1. The van der Waals surface area contributed by atoms with Crippen molar-refractivity contribution in [3.05, 3.63) is 65.7 Å². The Hall–Kier alpha value is -1.84. The van der Waals surface area contributed by atoms with Crippen LogP contribution in [0.2, 0.25) is 0 Å². The Kier molecular flexibility index (Phi) is 6.70. The smallest absolute Gasteiger partial charge is 0.118 e. The van der Waals surface area contributed by atoms with Crippen LogP contribution >= 0.6 is 0 Å². The van der Waals surface area contributed by atoms with E-state index in [0.29, 0.717) is 6.61 Å². The first kappa shape index (κ1) is 18.9. The standard InChI is InChI=1S/C23H31NO2/c1-26-22-11-9-21(10-12-22)18-24-16-14-23(19-25,15-17-24)13-5-8-20-6-3-2-4-7-20/h2-4,6-7,9-12,25H,5,8,13-19H2,1H3. The van der Waals surface area contributed by atoms with Crippen molar-refractivity contribution in [2.24, 2.45) is 5.41 Å². The van der Waals surface area contributed by atoms with Crippen molar-refractivity contribution in [3.8, 4) is 5.75 Å². The molecule has 0 amide bonds. The zero-order valence-corrected chi connectivity index (χ0v) is 15.9. The minimum Gasteiger partial charge on any atom is -0.497 e. The number of rotatable bonds is 8. The number of nitrogens with zero attached hydrogens (tertiary/aromatic N) is 1. The summed E-state index contributed by atoms with van der Waals surface area (Å²) >= 11 is 0. The number of aliphatic hydroxyl groups is 1. The summed E-state index contributed by atoms with van der Waals surface area (Å²) in [5.74, 6) is 0.908. The number of ether oxygens (including phenoxy) is 1. The molecule has 0 bridgehead atoms. The van der Waals surface area contributed by atoms with Gasteiger partial charge in [0.25, 0.3) is 0 Å². The van der Waals surface area contributed by atoms with Gasteiger partial charge in [-0.25, -0.2) is 0 Å². The lowest BCUT2D eigenvalue weighted by Crippen LogP contribution is -2.41. The van der Waals surface area contributed by atoms with Gasteiger partial charge in [0.1, 0.15) is 5.75 Å². The van der Waals surface area contributed by atoms with Crippen LogP contribution in [-0.2, 0) is 13.0 Å². The van der Waals surface area contributed by atoms with Gasteiger partial charge in [-0.3, -0.25) is 4.90 Å². The molecule has 1 saturated heterocycles. The van der Waals surface area contributed by atoms with Crippen LogP contribution in [0.4, 0.5) is 0 Å². The van der Waals surface area contributed by atoms with Gasteiger partial charge in [0.15, 0.2) is 0 Å². The molecule has 1 aliphatic heterocycles. The number of hydrogen-bond acceptors (Lipinski definition) is 3. The van der Waals surface area contributed by atoms with Gasteiger partial charge in [0.05, 0.1) is 7.11 Å². The monoisotopic (exact) mass is 353 g/mol. The fourth-order valence-electron chi connectivity index (χ4n) is 3.97. The van der Waals surface area contributed by atoms with Crippen molar-refractivity contribution in [2.75, 3.05) is 26.8 Å². The SMILES string of the molecule is COc1ccc(CN2CCC(CO)(CCCc3ccccc3)CC2)cc1. The third-order valence-corrected chi connectivity index (χ3v) is 5.83. The van der Waals surface area contributed by atoms with E-state index < -0.39 is 0 Å². The fraction of sp³-hybridized carbons (Fsp3) is 0.478. The second kappa shape index (κ2) is 9.20. The zero-order chi connectivity index (χ0) is 18.2. The summed E-state index contributed by atoms with van der Waals surface area (Å²) in [5, 5.41) is 10.0. The summed E-state index contributed by atoms with van der Waals surface area (Å²) < 4.78 is 5.23. The highest BCUT2D eigenvalue weighted by Gasteiger charge is 2.33. The van der Waals surface area contributed by atoms with E-state index in [1.54, 1.807) is 7.11 Å². The molecule has 1 heterocycles. The molecule has 0 spiro atoms. The van der Waals surface area contributed by atoms with E-state index in [1.807, 2.05) is 12.1 Å². The molecule has 140 valence electrons. The maximum Gasteiger partial charge on any atom is 0.118 e. The Morgan fingerprint density at radius 2 is 1.65 bits per heavy atom. The highest BCUT2D eigenvalue weighted by atomic mass is 16.5. The second-order valence-corrected chi connectivity index (χ2v) is 7.62. The predicted octanol–water partition coefficient (Wildman–Crippen LogP) is 4.29. The molecule has 3 rings (SSSR count). The quantitative estimate of drug-likeness (QED) is 0.768. The Bertz CT molecular complexity index is 646. The number of aliphatic hydroxyl groups excluding tert-OH is 1. The number of aryl methyl sites for hydroxylation is 1. The second-order valence-electron chi connectivity index (χ2n) is 7.62. The Labute approximate surface area is 157 Å². The van der Waals surface area contributed by atoms with Crippen LogP contribution in [0.3, 0.4) is 0 Å². The predicted molar refractivity (Wildman–Crippen MR) is 106 cm³/mol. The van der Waals surface area contributed by atoms with Crippen molar-refractivity contribution < 1.29 is 9.84 Å². The third kappa shape index (κ3) is 5.09. The Morgan fingerprint density at radius 1 is 0.962 bits per heavy atom. The van der Waals surface area contributed by atoms with E-state index in [9.17, 15) is 5.11 Å². The van der Waals surface area contributed by atoms with Gasteiger partial charge in [0.2, 0.25) is 0 Å². The fourth-order valence-corrected chi connectivity index (χ4v) is 3.97. The van der Waals surface area contributed by atoms with Gasteiger partial charge in [-0.05, 0) is 73.9 Å². The highest BCUT2D eigenvalue weighted by molar-refractivity contribution is 5.27. The normalized spacial score (nSPS) is 17.2. The first-order valence-electron chi connectivity index (χ1n) is 9.73. The molecule has 1 aliphatic rings. The lowest BCUT2D eigenvalue weighted by atomic mass is 9.75. The average molecular weight is 354 g/mol. The molecule has 0 unspecified atom stereocenters. The van der Waals surface area contributed by atoms with Gasteiger partial charge in [0, 0.05) is 13.2 Å². The van der Waals surface area contributed by atoms with Crippen molar-refractivity contribution >= 4 is 0 Å². The zero-order valence-electron chi connectivity index (χ0n) is 15.9. The largest absolute Gasteiger partial charge is 0.497 e. The van der Waals surface area contributed by atoms with E-state index in [4.69, 9.17) is 4.74 Å². The van der Waals surface area contributed by atoms with Crippen LogP contribution in [0, 0.1) is 5.41 Å². The van der Waals surface area contributed by atoms with E-state index in [2.05, 4.69) is 47.4 Å². The molecule has 2 aromatic carbocycles. The first-order chi connectivity index (χ1) is 12.7. The van der Waals surface area contributed by atoms with Crippen LogP contribution in [0.1, 0.15) is 36.8 Å². The van der Waals surface area contributed by atoms with Gasteiger partial charge >= 0.3 is 0 Å². The van der Waals surface area contributed by atoms with Crippen LogP contribution in [0.5, 0.6) is 5.75 Å². The summed E-state index contributed by atoms with van der Waals surface area (Å²) in [7, 11) is 1.70. The van der Waals surface area contributed by atoms with Crippen molar-refractivity contribution in [1.29, 1.82) is 0 Å².